The molecule has 0 saturated carbocycles. The van der Waals surface area contributed by atoms with Crippen molar-refractivity contribution in [2.75, 3.05) is 38.0 Å². The number of amides is 1. The van der Waals surface area contributed by atoms with Gasteiger partial charge in [-0.05, 0) is 30.7 Å². The van der Waals surface area contributed by atoms with E-state index in [2.05, 4.69) is 0 Å². The van der Waals surface area contributed by atoms with E-state index in [-0.39, 0.29) is 29.9 Å². The van der Waals surface area contributed by atoms with Crippen LogP contribution in [0.2, 0.25) is 0 Å². The van der Waals surface area contributed by atoms with E-state index in [9.17, 15) is 18.0 Å². The number of thioether (sulfide) groups is 1. The van der Waals surface area contributed by atoms with Gasteiger partial charge < -0.3 is 14.4 Å². The van der Waals surface area contributed by atoms with Gasteiger partial charge in [0.25, 0.3) is 5.91 Å². The number of hydrogen-bond acceptors (Lipinski definition) is 7. The molecule has 1 saturated heterocycles. The van der Waals surface area contributed by atoms with Crippen molar-refractivity contribution >= 4 is 33.5 Å². The van der Waals surface area contributed by atoms with Gasteiger partial charge in [0.2, 0.25) is 0 Å². The van der Waals surface area contributed by atoms with E-state index in [0.29, 0.717) is 6.42 Å². The number of carbonyl (C=O) groups is 2. The molecule has 1 amide bonds. The van der Waals surface area contributed by atoms with E-state index in [1.54, 1.807) is 19.2 Å². The van der Waals surface area contributed by atoms with Gasteiger partial charge in [-0.25, -0.2) is 8.42 Å². The molecule has 7 nitrogen and oxygen atoms in total. The smallest absolute Gasteiger partial charge is 0.316 e. The lowest BCUT2D eigenvalue weighted by molar-refractivity contribution is -0.150. The van der Waals surface area contributed by atoms with Crippen molar-refractivity contribution in [1.82, 2.24) is 4.90 Å². The van der Waals surface area contributed by atoms with Crippen LogP contribution in [-0.2, 0) is 24.2 Å². The van der Waals surface area contributed by atoms with Crippen LogP contribution in [-0.4, -0.2) is 69.3 Å². The third kappa shape index (κ3) is 5.93. The van der Waals surface area contributed by atoms with Crippen molar-refractivity contribution in [3.63, 3.8) is 0 Å². The first-order chi connectivity index (χ1) is 11.8. The average Bonchev–Trinajstić information content (AvgIpc) is 2.97. The van der Waals surface area contributed by atoms with Crippen LogP contribution in [0.4, 0.5) is 0 Å². The topological polar surface area (TPSA) is 90.0 Å². The summed E-state index contributed by atoms with van der Waals surface area (Å²) in [5.41, 5.74) is 0. The number of benzene rings is 1. The molecule has 0 radical (unpaired) electrons. The highest BCUT2D eigenvalue weighted by Gasteiger charge is 2.32. The molecule has 0 aromatic heterocycles. The van der Waals surface area contributed by atoms with Gasteiger partial charge in [0, 0.05) is 18.0 Å². The highest BCUT2D eigenvalue weighted by molar-refractivity contribution is 8.00. The van der Waals surface area contributed by atoms with E-state index in [1.165, 1.54) is 23.7 Å². The molecule has 0 spiro atoms. The zero-order chi connectivity index (χ0) is 18.4. The zero-order valence-electron chi connectivity index (χ0n) is 14.1. The molecular weight excluding hydrogens is 366 g/mol. The van der Waals surface area contributed by atoms with Crippen LogP contribution in [0.1, 0.15) is 6.42 Å². The molecule has 0 bridgehead atoms. The molecule has 25 heavy (non-hydrogen) atoms. The highest BCUT2D eigenvalue weighted by Crippen LogP contribution is 2.21. The molecule has 0 aliphatic carbocycles. The Bertz CT molecular complexity index is 717. The second kappa shape index (κ2) is 8.57. The van der Waals surface area contributed by atoms with Gasteiger partial charge in [-0.2, -0.15) is 0 Å². The van der Waals surface area contributed by atoms with Crippen molar-refractivity contribution < 1.29 is 27.5 Å². The molecule has 1 fully saturated rings. The number of methoxy groups -OCH3 is 1. The maximum absolute atomic E-state index is 12.0. The molecule has 1 aromatic rings. The summed E-state index contributed by atoms with van der Waals surface area (Å²) in [7, 11) is 0.0499. The number of esters is 1. The van der Waals surface area contributed by atoms with E-state index in [4.69, 9.17) is 9.47 Å². The Balaban J connectivity index is 1.72. The summed E-state index contributed by atoms with van der Waals surface area (Å²) in [6.45, 7) is -0.380. The van der Waals surface area contributed by atoms with Crippen LogP contribution < -0.4 is 4.74 Å². The normalized spacial score (nSPS) is 18.6. The Kier molecular flexibility index (Phi) is 6.71. The SMILES string of the molecule is COc1ccc(SCC(=O)OCC(=O)N(C)[C@H]2CCS(=O)(=O)C2)cc1. The first-order valence-electron chi connectivity index (χ1n) is 7.69. The molecule has 138 valence electrons. The molecule has 1 aliphatic rings. The van der Waals surface area contributed by atoms with E-state index >= 15 is 0 Å². The summed E-state index contributed by atoms with van der Waals surface area (Å²) in [6, 6.07) is 6.90. The van der Waals surface area contributed by atoms with Crippen molar-refractivity contribution in [1.29, 1.82) is 0 Å². The monoisotopic (exact) mass is 387 g/mol. The maximum Gasteiger partial charge on any atom is 0.316 e. The molecule has 2 rings (SSSR count). The van der Waals surface area contributed by atoms with Gasteiger partial charge in [0.1, 0.15) is 5.75 Å². The van der Waals surface area contributed by atoms with Gasteiger partial charge in [0.05, 0.1) is 24.4 Å². The standard InChI is InChI=1S/C16H21NO6S2/c1-17(12-7-8-25(20,21)11-12)15(18)9-23-16(19)10-24-14-5-3-13(22-2)4-6-14/h3-6,12H,7-11H2,1-2H3/t12-/m0/s1. The Hall–Kier alpha value is -1.74. The van der Waals surface area contributed by atoms with Gasteiger partial charge >= 0.3 is 5.97 Å². The fraction of sp³-hybridized carbons (Fsp3) is 0.500. The number of sulfone groups is 1. The molecule has 1 aliphatic heterocycles. The fourth-order valence-electron chi connectivity index (χ4n) is 2.38. The number of rotatable bonds is 7. The summed E-state index contributed by atoms with van der Waals surface area (Å²) in [4.78, 5) is 26.0. The van der Waals surface area contributed by atoms with Gasteiger partial charge in [-0.15, -0.1) is 11.8 Å². The Morgan fingerprint density at radius 3 is 2.52 bits per heavy atom. The maximum atomic E-state index is 12.0. The third-order valence-electron chi connectivity index (χ3n) is 3.92. The van der Waals surface area contributed by atoms with Gasteiger partial charge in [-0.3, -0.25) is 9.59 Å². The Morgan fingerprint density at radius 2 is 1.96 bits per heavy atom. The van der Waals surface area contributed by atoms with E-state index in [1.807, 2.05) is 12.1 Å². The lowest BCUT2D eigenvalue weighted by Crippen LogP contribution is -2.40. The Labute approximate surface area is 151 Å². The van der Waals surface area contributed by atoms with Crippen molar-refractivity contribution in [3.8, 4) is 5.75 Å². The summed E-state index contributed by atoms with van der Waals surface area (Å²) in [5, 5.41) is 0. The quantitative estimate of drug-likeness (QED) is 0.509. The van der Waals surface area contributed by atoms with Crippen LogP contribution in [0.25, 0.3) is 0 Å². The molecule has 1 heterocycles. The fourth-order valence-corrected chi connectivity index (χ4v) is 4.86. The molecular formula is C16H21NO6S2. The molecule has 1 atom stereocenters. The van der Waals surface area contributed by atoms with E-state index in [0.717, 1.165) is 10.6 Å². The minimum Gasteiger partial charge on any atom is -0.497 e. The van der Waals surface area contributed by atoms with Crippen molar-refractivity contribution in [2.45, 2.75) is 17.4 Å². The lowest BCUT2D eigenvalue weighted by Gasteiger charge is -2.23. The summed E-state index contributed by atoms with van der Waals surface area (Å²) in [5.74, 6) is -0.0217. The van der Waals surface area contributed by atoms with Gasteiger partial charge in [-0.1, -0.05) is 0 Å². The van der Waals surface area contributed by atoms with Crippen LogP contribution in [0.15, 0.2) is 29.2 Å². The molecule has 9 heteroatoms. The minimum atomic E-state index is -3.06. The second-order valence-electron chi connectivity index (χ2n) is 5.69. The van der Waals surface area contributed by atoms with Crippen molar-refractivity contribution in [2.24, 2.45) is 0 Å². The first kappa shape index (κ1) is 19.6. The third-order valence-corrected chi connectivity index (χ3v) is 6.66. The molecule has 0 N–H and O–H groups in total. The molecule has 1 aromatic carbocycles. The minimum absolute atomic E-state index is 0.0312. The van der Waals surface area contributed by atoms with Crippen LogP contribution in [0.3, 0.4) is 0 Å². The van der Waals surface area contributed by atoms with Crippen LogP contribution in [0.5, 0.6) is 5.75 Å². The number of carbonyl (C=O) groups excluding carboxylic acids is 2. The summed E-state index contributed by atoms with van der Waals surface area (Å²) in [6.07, 6.45) is 0.422. The summed E-state index contributed by atoms with van der Waals surface area (Å²) < 4.78 is 33.0. The van der Waals surface area contributed by atoms with Crippen molar-refractivity contribution in [3.05, 3.63) is 24.3 Å². The van der Waals surface area contributed by atoms with Gasteiger partial charge in [0.15, 0.2) is 16.4 Å². The predicted octanol–water partition coefficient (Wildman–Crippen LogP) is 0.976. The first-order valence-corrected chi connectivity index (χ1v) is 10.5. The second-order valence-corrected chi connectivity index (χ2v) is 8.96. The number of ether oxygens (including phenoxy) is 2. The van der Waals surface area contributed by atoms with Crippen LogP contribution >= 0.6 is 11.8 Å². The summed E-state index contributed by atoms with van der Waals surface area (Å²) >= 11 is 1.30. The largest absolute Gasteiger partial charge is 0.497 e. The van der Waals surface area contributed by atoms with Crippen LogP contribution in [0, 0.1) is 0 Å². The number of nitrogens with zero attached hydrogens (tertiary/aromatic N) is 1. The lowest BCUT2D eigenvalue weighted by atomic mass is 10.2. The average molecular weight is 387 g/mol. The highest BCUT2D eigenvalue weighted by atomic mass is 32.2. The predicted molar refractivity (Wildman–Crippen MR) is 94.5 cm³/mol. The van der Waals surface area contributed by atoms with E-state index < -0.39 is 21.7 Å². The Morgan fingerprint density at radius 1 is 1.28 bits per heavy atom. The molecule has 0 unspecified atom stereocenters. The number of likely N-dealkylation sites (N-methyl/N-ethyl adjacent to an activating group) is 1. The number of hydrogen-bond donors (Lipinski definition) is 0. The zero-order valence-corrected chi connectivity index (χ0v) is 15.8.